The molecule has 1 fully saturated rings. The number of carbonyl (C=O) groups is 1. The van der Waals surface area contributed by atoms with Crippen LogP contribution in [0.4, 0.5) is 17.3 Å². The van der Waals surface area contributed by atoms with Gasteiger partial charge in [-0.3, -0.25) is 15.0 Å². The van der Waals surface area contributed by atoms with Crippen LogP contribution >= 0.6 is 11.6 Å². The Morgan fingerprint density at radius 1 is 1.29 bits per heavy atom. The summed E-state index contributed by atoms with van der Waals surface area (Å²) in [5.74, 6) is 0.174. The van der Waals surface area contributed by atoms with Crippen molar-refractivity contribution < 1.29 is 9.53 Å². The molecule has 11 heteroatoms. The van der Waals surface area contributed by atoms with E-state index >= 15 is 0 Å². The first-order chi connectivity index (χ1) is 13.4. The fourth-order valence-corrected chi connectivity index (χ4v) is 3.99. The van der Waals surface area contributed by atoms with Gasteiger partial charge in [0.15, 0.2) is 11.6 Å². The molecular formula is C17H20ClN7O3. The second-order valence-corrected chi connectivity index (χ2v) is 7.28. The van der Waals surface area contributed by atoms with Crippen LogP contribution in [0.2, 0.25) is 5.02 Å². The van der Waals surface area contributed by atoms with Crippen molar-refractivity contribution in [1.29, 1.82) is 0 Å². The van der Waals surface area contributed by atoms with Crippen LogP contribution in [-0.2, 0) is 0 Å². The Kier molecular flexibility index (Phi) is 4.50. The normalized spacial score (nSPS) is 17.4. The van der Waals surface area contributed by atoms with E-state index in [4.69, 9.17) is 22.1 Å². The Hall–Kier alpha value is -3.01. The number of nitrogens with zero attached hydrogens (tertiary/aromatic N) is 3. The third-order valence-electron chi connectivity index (χ3n) is 5.04. The minimum Gasteiger partial charge on any atom is -0.490 e. The summed E-state index contributed by atoms with van der Waals surface area (Å²) in [5, 5.41) is 5.99. The number of methoxy groups -OCH3 is 1. The zero-order valence-electron chi connectivity index (χ0n) is 15.2. The maximum absolute atomic E-state index is 13.1. The first kappa shape index (κ1) is 18.4. The number of halogens is 1. The molecule has 1 saturated carbocycles. The Balaban J connectivity index is 1.78. The largest absolute Gasteiger partial charge is 0.490 e. The maximum Gasteiger partial charge on any atom is 0.293 e. The number of fused-ring (bicyclic) bond motifs is 1. The molecule has 28 heavy (non-hydrogen) atoms. The smallest absolute Gasteiger partial charge is 0.293 e. The number of nitrogens with two attached hydrogens (primary N) is 1. The molecule has 0 atom stereocenters. The summed E-state index contributed by atoms with van der Waals surface area (Å²) < 4.78 is 6.42. The van der Waals surface area contributed by atoms with Gasteiger partial charge in [0, 0.05) is 0 Å². The van der Waals surface area contributed by atoms with Crippen molar-refractivity contribution >= 4 is 34.8 Å². The highest BCUT2D eigenvalue weighted by Gasteiger charge is 2.40. The van der Waals surface area contributed by atoms with Gasteiger partial charge >= 0.3 is 0 Å². The predicted molar refractivity (Wildman–Crippen MR) is 105 cm³/mol. The second kappa shape index (κ2) is 6.86. The molecule has 2 aliphatic rings. The first-order valence-electron chi connectivity index (χ1n) is 8.92. The van der Waals surface area contributed by atoms with Gasteiger partial charge in [0.1, 0.15) is 23.4 Å². The number of hydrogen-bond donors (Lipinski definition) is 4. The molecule has 0 saturated heterocycles. The quantitative estimate of drug-likeness (QED) is 0.604. The molecule has 10 nitrogen and oxygen atoms in total. The lowest BCUT2D eigenvalue weighted by molar-refractivity contribution is 0.0834. The SMILES string of the molecule is COc1c(N)ncnc1Nc1cc(Cl)c2n(c1=O)NC1(CCCCC1)NC2=O. The highest BCUT2D eigenvalue weighted by Crippen LogP contribution is 2.32. The van der Waals surface area contributed by atoms with Crippen molar-refractivity contribution in [3.63, 3.8) is 0 Å². The lowest BCUT2D eigenvalue weighted by Crippen LogP contribution is -2.64. The van der Waals surface area contributed by atoms with Crippen LogP contribution in [-0.4, -0.2) is 33.3 Å². The van der Waals surface area contributed by atoms with E-state index in [0.29, 0.717) is 0 Å². The van der Waals surface area contributed by atoms with E-state index in [9.17, 15) is 9.59 Å². The fourth-order valence-electron chi connectivity index (χ4n) is 3.71. The van der Waals surface area contributed by atoms with E-state index in [0.717, 1.165) is 32.1 Å². The molecule has 0 bridgehead atoms. The van der Waals surface area contributed by atoms with Crippen molar-refractivity contribution in [1.82, 2.24) is 20.0 Å². The third kappa shape index (κ3) is 2.99. The Morgan fingerprint density at radius 2 is 2.04 bits per heavy atom. The van der Waals surface area contributed by atoms with Crippen molar-refractivity contribution in [2.24, 2.45) is 0 Å². The number of amides is 1. The zero-order chi connectivity index (χ0) is 19.9. The number of aromatic nitrogens is 3. The highest BCUT2D eigenvalue weighted by atomic mass is 35.5. The third-order valence-corrected chi connectivity index (χ3v) is 5.33. The van der Waals surface area contributed by atoms with Gasteiger partial charge in [0.2, 0.25) is 5.75 Å². The molecule has 1 aliphatic carbocycles. The van der Waals surface area contributed by atoms with Crippen molar-refractivity contribution in [3.8, 4) is 5.75 Å². The molecule has 1 spiro atoms. The lowest BCUT2D eigenvalue weighted by atomic mass is 9.88. The van der Waals surface area contributed by atoms with Crippen LogP contribution in [0.5, 0.6) is 5.75 Å². The minimum atomic E-state index is -0.648. The summed E-state index contributed by atoms with van der Waals surface area (Å²) in [6, 6.07) is 1.38. The molecule has 0 unspecified atom stereocenters. The molecule has 2 aromatic rings. The summed E-state index contributed by atoms with van der Waals surface area (Å²) in [6.45, 7) is 0. The van der Waals surface area contributed by atoms with Gasteiger partial charge in [0.05, 0.1) is 12.1 Å². The van der Waals surface area contributed by atoms with Crippen LogP contribution in [0.25, 0.3) is 0 Å². The van der Waals surface area contributed by atoms with Crippen molar-refractivity contribution in [2.45, 2.75) is 37.8 Å². The molecule has 4 rings (SSSR count). The number of nitrogen functional groups attached to an aromatic ring is 1. The van der Waals surface area contributed by atoms with Gasteiger partial charge in [-0.25, -0.2) is 14.6 Å². The topological polar surface area (TPSA) is 136 Å². The molecule has 148 valence electrons. The van der Waals surface area contributed by atoms with Crippen LogP contribution in [0.15, 0.2) is 17.2 Å². The van der Waals surface area contributed by atoms with E-state index in [1.165, 1.54) is 24.2 Å². The molecule has 1 amide bonds. The van der Waals surface area contributed by atoms with Gasteiger partial charge < -0.3 is 21.1 Å². The summed E-state index contributed by atoms with van der Waals surface area (Å²) >= 11 is 6.32. The van der Waals surface area contributed by atoms with E-state index < -0.39 is 11.2 Å². The molecular weight excluding hydrogens is 386 g/mol. The van der Waals surface area contributed by atoms with Crippen LogP contribution < -0.4 is 32.1 Å². The predicted octanol–water partition coefficient (Wildman–Crippen LogP) is 1.57. The number of rotatable bonds is 3. The van der Waals surface area contributed by atoms with Crippen LogP contribution in [0.1, 0.15) is 42.6 Å². The second-order valence-electron chi connectivity index (χ2n) is 6.87. The van der Waals surface area contributed by atoms with Gasteiger partial charge in [-0.05, 0) is 31.7 Å². The average molecular weight is 406 g/mol. The van der Waals surface area contributed by atoms with E-state index in [-0.39, 0.29) is 39.7 Å². The van der Waals surface area contributed by atoms with Gasteiger partial charge in [-0.1, -0.05) is 18.0 Å². The number of anilines is 3. The van der Waals surface area contributed by atoms with Gasteiger partial charge in [0.25, 0.3) is 11.5 Å². The molecule has 5 N–H and O–H groups in total. The molecule has 1 aliphatic heterocycles. The van der Waals surface area contributed by atoms with Crippen molar-refractivity contribution in [2.75, 3.05) is 23.6 Å². The number of pyridine rings is 1. The van der Waals surface area contributed by atoms with Crippen molar-refractivity contribution in [3.05, 3.63) is 33.5 Å². The molecule has 0 radical (unpaired) electrons. The minimum absolute atomic E-state index is 0.0718. The van der Waals surface area contributed by atoms with Crippen LogP contribution in [0, 0.1) is 0 Å². The molecule has 2 aromatic heterocycles. The van der Waals surface area contributed by atoms with E-state index in [1.54, 1.807) is 0 Å². The summed E-state index contributed by atoms with van der Waals surface area (Å²) in [6.07, 6.45) is 5.73. The maximum atomic E-state index is 13.1. The summed E-state index contributed by atoms with van der Waals surface area (Å²) in [4.78, 5) is 33.7. The Labute approximate surface area is 165 Å². The zero-order valence-corrected chi connectivity index (χ0v) is 16.0. The molecule has 3 heterocycles. The molecule has 0 aromatic carbocycles. The fraction of sp³-hybridized carbons (Fsp3) is 0.412. The highest BCUT2D eigenvalue weighted by molar-refractivity contribution is 6.34. The standard InChI is InChI=1S/C17H20ClN7O3/c1-28-12-13(19)20-8-21-14(12)22-10-7-9(18)11-15(26)23-17(5-3-2-4-6-17)24-25(11)16(10)27/h7-8,24H,2-6H2,1H3,(H,23,26)(H3,19,20,21,22). The Morgan fingerprint density at radius 3 is 2.75 bits per heavy atom. The average Bonchev–Trinajstić information content (AvgIpc) is 2.66. The lowest BCUT2D eigenvalue weighted by Gasteiger charge is -2.43. The van der Waals surface area contributed by atoms with E-state index in [1.807, 2.05) is 0 Å². The first-order valence-corrected chi connectivity index (χ1v) is 9.30. The summed E-state index contributed by atoms with van der Waals surface area (Å²) in [7, 11) is 1.42. The summed E-state index contributed by atoms with van der Waals surface area (Å²) in [5.41, 5.74) is 8.05. The number of hydrogen-bond acceptors (Lipinski definition) is 8. The number of ether oxygens (including phenoxy) is 1. The number of carbonyl (C=O) groups excluding carboxylic acids is 1. The van der Waals surface area contributed by atoms with Gasteiger partial charge in [-0.2, -0.15) is 0 Å². The monoisotopic (exact) mass is 405 g/mol. The van der Waals surface area contributed by atoms with Gasteiger partial charge in [-0.15, -0.1) is 0 Å². The van der Waals surface area contributed by atoms with E-state index in [2.05, 4.69) is 26.0 Å². The van der Waals surface area contributed by atoms with Crippen LogP contribution in [0.3, 0.4) is 0 Å². The number of nitrogens with one attached hydrogen (secondary N) is 3. The Bertz CT molecular complexity index is 1000.